The topological polar surface area (TPSA) is 20.2 Å². The molecule has 0 aromatic heterocycles. The van der Waals surface area contributed by atoms with Gasteiger partial charge in [-0.3, -0.25) is 0 Å². The minimum atomic E-state index is 0. The third-order valence-electron chi connectivity index (χ3n) is 2.68. The molecule has 0 aromatic carbocycles. The Hall–Kier alpha value is -0.210. The van der Waals surface area contributed by atoms with E-state index < -0.39 is 0 Å². The molecule has 0 radical (unpaired) electrons. The minimum Gasteiger partial charge on any atom is -0.395 e. The van der Waals surface area contributed by atoms with Crippen LogP contribution in [0.1, 0.15) is 12.8 Å². The fourth-order valence-electron chi connectivity index (χ4n) is 1.92. The monoisotopic (exact) mass is 354 g/mol. The summed E-state index contributed by atoms with van der Waals surface area (Å²) in [6, 6.07) is 0. The van der Waals surface area contributed by atoms with Crippen molar-refractivity contribution in [1.82, 2.24) is 0 Å². The van der Waals surface area contributed by atoms with Crippen LogP contribution in [0.15, 0.2) is 47.6 Å². The maximum absolute atomic E-state index is 9.31. The normalized spacial score (nSPS) is 18.4. The molecule has 2 aliphatic rings. The van der Waals surface area contributed by atoms with Crippen molar-refractivity contribution in [3.63, 3.8) is 0 Å². The van der Waals surface area contributed by atoms with Crippen molar-refractivity contribution in [3.8, 4) is 0 Å². The largest absolute Gasteiger partial charge is 0.395 e. The first-order valence-electron chi connectivity index (χ1n) is 4.74. The Morgan fingerprint density at radius 3 is 1.86 bits per heavy atom. The standard InChI is InChI=1S/C12H14O.Hf/c13-9-12(10-5-1-2-6-10)11-7-3-4-8-11;/h1-5,7,12-13H,6,8-9H2;. The van der Waals surface area contributed by atoms with Gasteiger partial charge in [0.05, 0.1) is 6.61 Å². The van der Waals surface area contributed by atoms with Crippen LogP contribution < -0.4 is 0 Å². The molecular weight excluding hydrogens is 339 g/mol. The number of rotatable bonds is 3. The van der Waals surface area contributed by atoms with E-state index >= 15 is 0 Å². The molecule has 0 atom stereocenters. The van der Waals surface area contributed by atoms with Crippen molar-refractivity contribution in [2.75, 3.05) is 6.61 Å². The van der Waals surface area contributed by atoms with E-state index in [0.717, 1.165) is 12.8 Å². The first kappa shape index (κ1) is 11.9. The summed E-state index contributed by atoms with van der Waals surface area (Å²) >= 11 is 0. The number of aliphatic hydroxyl groups excluding tert-OH is 1. The third kappa shape index (κ3) is 2.43. The molecule has 0 saturated carbocycles. The molecule has 2 rings (SSSR count). The van der Waals surface area contributed by atoms with Crippen LogP contribution in [-0.2, 0) is 25.8 Å². The number of hydrogen-bond acceptors (Lipinski definition) is 1. The minimum absolute atomic E-state index is 0. The summed E-state index contributed by atoms with van der Waals surface area (Å²) in [4.78, 5) is 0. The van der Waals surface area contributed by atoms with Crippen LogP contribution in [-0.4, -0.2) is 11.7 Å². The molecule has 2 heteroatoms. The van der Waals surface area contributed by atoms with Crippen LogP contribution in [0.25, 0.3) is 0 Å². The first-order chi connectivity index (χ1) is 6.42. The Balaban J connectivity index is 0.000000980. The van der Waals surface area contributed by atoms with E-state index in [2.05, 4.69) is 36.5 Å². The average Bonchev–Trinajstić information content (AvgIpc) is 2.76. The molecule has 0 aliphatic heterocycles. The molecule has 0 saturated heterocycles. The van der Waals surface area contributed by atoms with Crippen LogP contribution in [0.4, 0.5) is 0 Å². The molecule has 0 fully saturated rings. The van der Waals surface area contributed by atoms with Gasteiger partial charge >= 0.3 is 0 Å². The van der Waals surface area contributed by atoms with Gasteiger partial charge in [-0.25, -0.2) is 0 Å². The van der Waals surface area contributed by atoms with Gasteiger partial charge in [0.15, 0.2) is 0 Å². The molecule has 0 bridgehead atoms. The summed E-state index contributed by atoms with van der Waals surface area (Å²) in [7, 11) is 0. The summed E-state index contributed by atoms with van der Waals surface area (Å²) in [5.74, 6) is 0.255. The van der Waals surface area contributed by atoms with Gasteiger partial charge in [0.1, 0.15) is 0 Å². The van der Waals surface area contributed by atoms with Crippen LogP contribution in [0.2, 0.25) is 0 Å². The zero-order chi connectivity index (χ0) is 9.10. The Morgan fingerprint density at radius 1 is 1.07 bits per heavy atom. The van der Waals surface area contributed by atoms with Crippen molar-refractivity contribution < 1.29 is 30.9 Å². The molecule has 0 heterocycles. The Kier molecular flexibility index (Phi) is 4.76. The molecule has 72 valence electrons. The maximum Gasteiger partial charge on any atom is 0.0534 e. The molecule has 0 aromatic rings. The van der Waals surface area contributed by atoms with Crippen molar-refractivity contribution >= 4 is 0 Å². The molecular formula is C12H14HfO. The van der Waals surface area contributed by atoms with Crippen molar-refractivity contribution in [3.05, 3.63) is 47.6 Å². The molecule has 0 amide bonds. The van der Waals surface area contributed by atoms with E-state index in [1.807, 2.05) is 0 Å². The van der Waals surface area contributed by atoms with Gasteiger partial charge in [0, 0.05) is 31.8 Å². The summed E-state index contributed by atoms with van der Waals surface area (Å²) in [6.07, 6.45) is 14.7. The molecule has 14 heavy (non-hydrogen) atoms. The molecule has 0 unspecified atom stereocenters. The summed E-state index contributed by atoms with van der Waals surface area (Å²) in [5.41, 5.74) is 2.69. The molecule has 1 nitrogen and oxygen atoms in total. The maximum atomic E-state index is 9.31. The summed E-state index contributed by atoms with van der Waals surface area (Å²) in [6.45, 7) is 0.237. The van der Waals surface area contributed by atoms with Gasteiger partial charge in [-0.05, 0) is 12.8 Å². The van der Waals surface area contributed by atoms with E-state index in [1.54, 1.807) is 0 Å². The van der Waals surface area contributed by atoms with Gasteiger partial charge in [-0.15, -0.1) is 0 Å². The van der Waals surface area contributed by atoms with Crippen LogP contribution in [0, 0.1) is 5.92 Å². The van der Waals surface area contributed by atoms with Gasteiger partial charge < -0.3 is 5.11 Å². The second-order valence-corrected chi connectivity index (χ2v) is 3.48. The first-order valence-corrected chi connectivity index (χ1v) is 4.74. The van der Waals surface area contributed by atoms with E-state index in [4.69, 9.17) is 0 Å². The van der Waals surface area contributed by atoms with Crippen molar-refractivity contribution in [1.29, 1.82) is 0 Å². The van der Waals surface area contributed by atoms with Crippen molar-refractivity contribution in [2.24, 2.45) is 5.92 Å². The fourth-order valence-corrected chi connectivity index (χ4v) is 1.92. The second-order valence-electron chi connectivity index (χ2n) is 3.48. The number of hydrogen-bond donors (Lipinski definition) is 1. The Bertz CT molecular complexity index is 280. The number of aliphatic hydroxyl groups is 1. The SMILES string of the molecule is OCC(C1=CC=CC1)C1=CC=CC1.[Hf]. The Labute approximate surface area is 104 Å². The van der Waals surface area contributed by atoms with Gasteiger partial charge in [0.2, 0.25) is 0 Å². The Morgan fingerprint density at radius 2 is 1.57 bits per heavy atom. The third-order valence-corrected chi connectivity index (χ3v) is 2.68. The van der Waals surface area contributed by atoms with Gasteiger partial charge in [-0.1, -0.05) is 47.6 Å². The van der Waals surface area contributed by atoms with Crippen LogP contribution in [0.3, 0.4) is 0 Å². The predicted octanol–water partition coefficient (Wildman–Crippen LogP) is 2.37. The summed E-state index contributed by atoms with van der Waals surface area (Å²) in [5, 5.41) is 9.31. The van der Waals surface area contributed by atoms with Crippen LogP contribution in [0.5, 0.6) is 0 Å². The quantitative estimate of drug-likeness (QED) is 0.773. The van der Waals surface area contributed by atoms with Gasteiger partial charge in [-0.2, -0.15) is 0 Å². The zero-order valence-corrected chi connectivity index (χ0v) is 11.7. The molecule has 2 aliphatic carbocycles. The zero-order valence-electron chi connectivity index (χ0n) is 8.11. The van der Waals surface area contributed by atoms with E-state index in [-0.39, 0.29) is 38.4 Å². The number of allylic oxidation sites excluding steroid dienone is 6. The van der Waals surface area contributed by atoms with E-state index in [1.165, 1.54) is 11.1 Å². The predicted molar refractivity (Wildman–Crippen MR) is 54.3 cm³/mol. The second kappa shape index (κ2) is 5.62. The van der Waals surface area contributed by atoms with E-state index in [9.17, 15) is 5.11 Å². The fraction of sp³-hybridized carbons (Fsp3) is 0.333. The summed E-state index contributed by atoms with van der Waals surface area (Å²) < 4.78 is 0. The van der Waals surface area contributed by atoms with E-state index in [0.29, 0.717) is 0 Å². The van der Waals surface area contributed by atoms with Crippen molar-refractivity contribution in [2.45, 2.75) is 12.8 Å². The average molecular weight is 353 g/mol. The smallest absolute Gasteiger partial charge is 0.0534 e. The van der Waals surface area contributed by atoms with Gasteiger partial charge in [0.25, 0.3) is 0 Å². The molecule has 1 N–H and O–H groups in total. The van der Waals surface area contributed by atoms with Crippen LogP contribution >= 0.6 is 0 Å². The molecule has 0 spiro atoms.